The molecule has 0 bridgehead atoms. The molecule has 3 heteroatoms. The van der Waals surface area contributed by atoms with Crippen LogP contribution in [0.25, 0.3) is 0 Å². The Morgan fingerprint density at radius 2 is 1.60 bits per heavy atom. The fourth-order valence-corrected chi connectivity index (χ4v) is 2.93. The van der Waals surface area contributed by atoms with Gasteiger partial charge in [-0.1, -0.05) is 56.3 Å². The maximum absolute atomic E-state index is 12.2. The van der Waals surface area contributed by atoms with E-state index in [1.165, 1.54) is 5.56 Å². The Kier molecular flexibility index (Phi) is 4.85. The lowest BCUT2D eigenvalue weighted by molar-refractivity contribution is 0.102. The first kappa shape index (κ1) is 14.7. The van der Waals surface area contributed by atoms with Crippen LogP contribution in [0, 0.1) is 0 Å². The molecular formula is C17H18O2S. The maximum Gasteiger partial charge on any atom is 0.175 e. The highest BCUT2D eigenvalue weighted by Crippen LogP contribution is 2.17. The van der Waals surface area contributed by atoms with Crippen molar-refractivity contribution < 1.29 is 9.00 Å². The summed E-state index contributed by atoms with van der Waals surface area (Å²) in [5, 5.41) is 0. The molecule has 0 spiro atoms. The lowest BCUT2D eigenvalue weighted by Crippen LogP contribution is -2.11. The zero-order valence-electron chi connectivity index (χ0n) is 11.7. The number of rotatable bonds is 5. The van der Waals surface area contributed by atoms with Crippen LogP contribution in [0.4, 0.5) is 0 Å². The first-order valence-electron chi connectivity index (χ1n) is 6.64. The molecular weight excluding hydrogens is 268 g/mol. The molecule has 0 N–H and O–H groups in total. The molecule has 0 amide bonds. The van der Waals surface area contributed by atoms with E-state index < -0.39 is 10.8 Å². The van der Waals surface area contributed by atoms with E-state index in [2.05, 4.69) is 13.8 Å². The largest absolute Gasteiger partial charge is 0.293 e. The topological polar surface area (TPSA) is 34.1 Å². The van der Waals surface area contributed by atoms with E-state index in [-0.39, 0.29) is 11.5 Å². The van der Waals surface area contributed by atoms with Crippen molar-refractivity contribution in [2.24, 2.45) is 0 Å². The lowest BCUT2D eigenvalue weighted by atomic mass is 10.0. The molecule has 104 valence electrons. The van der Waals surface area contributed by atoms with Crippen molar-refractivity contribution in [1.82, 2.24) is 0 Å². The number of Topliss-reactive ketones (excluding diaryl/α,β-unsaturated/α-hetero) is 1. The van der Waals surface area contributed by atoms with Crippen molar-refractivity contribution in [3.05, 3.63) is 65.7 Å². The van der Waals surface area contributed by atoms with Gasteiger partial charge >= 0.3 is 0 Å². The Morgan fingerprint density at radius 3 is 2.15 bits per heavy atom. The van der Waals surface area contributed by atoms with Crippen molar-refractivity contribution in [2.45, 2.75) is 24.7 Å². The van der Waals surface area contributed by atoms with Gasteiger partial charge < -0.3 is 0 Å². The normalized spacial score (nSPS) is 12.3. The van der Waals surface area contributed by atoms with E-state index in [1.807, 2.05) is 42.5 Å². The average Bonchev–Trinajstić information content (AvgIpc) is 2.48. The van der Waals surface area contributed by atoms with Crippen molar-refractivity contribution in [2.75, 3.05) is 5.75 Å². The van der Waals surface area contributed by atoms with E-state index in [0.717, 1.165) is 0 Å². The van der Waals surface area contributed by atoms with E-state index in [4.69, 9.17) is 0 Å². The maximum atomic E-state index is 12.2. The number of carbonyl (C=O) groups excluding carboxylic acids is 1. The van der Waals surface area contributed by atoms with Gasteiger partial charge in [0.05, 0.1) is 16.6 Å². The molecule has 2 aromatic carbocycles. The van der Waals surface area contributed by atoms with Crippen LogP contribution in [0.2, 0.25) is 0 Å². The molecule has 0 radical (unpaired) electrons. The second-order valence-electron chi connectivity index (χ2n) is 5.00. The van der Waals surface area contributed by atoms with Gasteiger partial charge in [0.15, 0.2) is 5.78 Å². The fraction of sp³-hybridized carbons (Fsp3) is 0.235. The second-order valence-corrected chi connectivity index (χ2v) is 6.45. The van der Waals surface area contributed by atoms with Gasteiger partial charge in [-0.05, 0) is 23.6 Å². The summed E-state index contributed by atoms with van der Waals surface area (Å²) in [5.74, 6) is 0.394. The lowest BCUT2D eigenvalue weighted by Gasteiger charge is -2.07. The first-order chi connectivity index (χ1) is 9.58. The quantitative estimate of drug-likeness (QED) is 0.783. The van der Waals surface area contributed by atoms with E-state index in [0.29, 0.717) is 16.4 Å². The Morgan fingerprint density at radius 1 is 1.00 bits per heavy atom. The number of carbonyl (C=O) groups is 1. The zero-order chi connectivity index (χ0) is 14.5. The van der Waals surface area contributed by atoms with Crippen molar-refractivity contribution >= 4 is 16.6 Å². The summed E-state index contributed by atoms with van der Waals surface area (Å²) in [6.07, 6.45) is 0. The number of ketones is 1. The van der Waals surface area contributed by atoms with Gasteiger partial charge in [0.2, 0.25) is 0 Å². The van der Waals surface area contributed by atoms with Gasteiger partial charge in [0.25, 0.3) is 0 Å². The summed E-state index contributed by atoms with van der Waals surface area (Å²) >= 11 is 0. The van der Waals surface area contributed by atoms with Crippen LogP contribution < -0.4 is 0 Å². The Hall–Kier alpha value is -1.74. The van der Waals surface area contributed by atoms with Crippen LogP contribution in [0.5, 0.6) is 0 Å². The minimum atomic E-state index is -1.29. The number of hydrogen-bond donors (Lipinski definition) is 0. The summed E-state index contributed by atoms with van der Waals surface area (Å²) in [4.78, 5) is 12.7. The van der Waals surface area contributed by atoms with Crippen molar-refractivity contribution in [3.63, 3.8) is 0 Å². The molecule has 0 aliphatic heterocycles. The Balaban J connectivity index is 2.07. The van der Waals surface area contributed by atoms with Crippen LogP contribution in [0.15, 0.2) is 59.5 Å². The van der Waals surface area contributed by atoms with Gasteiger partial charge in [-0.25, -0.2) is 0 Å². The van der Waals surface area contributed by atoms with Crippen molar-refractivity contribution in [3.8, 4) is 0 Å². The molecule has 0 saturated carbocycles. The van der Waals surface area contributed by atoms with E-state index in [1.54, 1.807) is 12.1 Å². The SMILES string of the molecule is CC(C)c1ccc(S(=O)CC(=O)c2ccccc2)cc1. The summed E-state index contributed by atoms with van der Waals surface area (Å²) in [7, 11) is -1.29. The van der Waals surface area contributed by atoms with Gasteiger partial charge in [-0.15, -0.1) is 0 Å². The predicted molar refractivity (Wildman–Crippen MR) is 82.6 cm³/mol. The highest BCUT2D eigenvalue weighted by Gasteiger charge is 2.12. The molecule has 0 aromatic heterocycles. The summed E-state index contributed by atoms with van der Waals surface area (Å²) in [6, 6.07) is 16.6. The molecule has 0 fully saturated rings. The van der Waals surface area contributed by atoms with E-state index in [9.17, 15) is 9.00 Å². The Bertz CT molecular complexity index is 601. The zero-order valence-corrected chi connectivity index (χ0v) is 12.5. The Labute approximate surface area is 122 Å². The molecule has 1 unspecified atom stereocenters. The third kappa shape index (κ3) is 3.64. The summed E-state index contributed by atoms with van der Waals surface area (Å²) < 4.78 is 12.2. The molecule has 2 aromatic rings. The third-order valence-electron chi connectivity index (χ3n) is 3.17. The number of benzene rings is 2. The molecule has 0 aliphatic carbocycles. The molecule has 1 atom stereocenters. The standard InChI is InChI=1S/C17H18O2S/c1-13(2)14-8-10-16(11-9-14)20(19)12-17(18)15-6-4-3-5-7-15/h3-11,13H,12H2,1-2H3. The molecule has 0 heterocycles. The number of hydrogen-bond acceptors (Lipinski definition) is 2. The molecule has 2 nitrogen and oxygen atoms in total. The monoisotopic (exact) mass is 286 g/mol. The molecule has 2 rings (SSSR count). The smallest absolute Gasteiger partial charge is 0.175 e. The van der Waals surface area contributed by atoms with Crippen LogP contribution >= 0.6 is 0 Å². The predicted octanol–water partition coefficient (Wildman–Crippen LogP) is 3.80. The summed E-state index contributed by atoms with van der Waals surface area (Å²) in [5.41, 5.74) is 1.82. The van der Waals surface area contributed by atoms with Gasteiger partial charge in [-0.3, -0.25) is 9.00 Å². The third-order valence-corrected chi connectivity index (χ3v) is 4.49. The van der Waals surface area contributed by atoms with Gasteiger partial charge in [0.1, 0.15) is 0 Å². The van der Waals surface area contributed by atoms with Crippen LogP contribution in [0.3, 0.4) is 0 Å². The van der Waals surface area contributed by atoms with E-state index >= 15 is 0 Å². The average molecular weight is 286 g/mol. The minimum Gasteiger partial charge on any atom is -0.293 e. The van der Waals surface area contributed by atoms with Crippen molar-refractivity contribution in [1.29, 1.82) is 0 Å². The molecule has 20 heavy (non-hydrogen) atoms. The van der Waals surface area contributed by atoms with Gasteiger partial charge in [0, 0.05) is 10.5 Å². The summed E-state index contributed by atoms with van der Waals surface area (Å²) in [6.45, 7) is 4.23. The van der Waals surface area contributed by atoms with Crippen LogP contribution in [-0.4, -0.2) is 15.7 Å². The minimum absolute atomic E-state index is 0.0328. The molecule has 0 aliphatic rings. The van der Waals surface area contributed by atoms with Gasteiger partial charge in [-0.2, -0.15) is 0 Å². The first-order valence-corrected chi connectivity index (χ1v) is 7.96. The highest BCUT2D eigenvalue weighted by molar-refractivity contribution is 7.85. The highest BCUT2D eigenvalue weighted by atomic mass is 32.2. The second kappa shape index (κ2) is 6.62. The van der Waals surface area contributed by atoms with Crippen LogP contribution in [-0.2, 0) is 10.8 Å². The fourth-order valence-electron chi connectivity index (χ4n) is 1.91. The van der Waals surface area contributed by atoms with Crippen LogP contribution in [0.1, 0.15) is 35.7 Å². The molecule has 0 saturated heterocycles.